The first-order valence-corrected chi connectivity index (χ1v) is 5.89. The molecule has 1 heterocycles. The van der Waals surface area contributed by atoms with Gasteiger partial charge in [0.1, 0.15) is 11.7 Å². The molecule has 2 aliphatic rings. The van der Waals surface area contributed by atoms with Crippen LogP contribution in [0.15, 0.2) is 0 Å². The Morgan fingerprint density at radius 1 is 1.47 bits per heavy atom. The summed E-state index contributed by atoms with van der Waals surface area (Å²) in [6, 6.07) is 1.86. The van der Waals surface area contributed by atoms with Crippen LogP contribution in [0.2, 0.25) is 0 Å². The van der Waals surface area contributed by atoms with Gasteiger partial charge in [0.15, 0.2) is 0 Å². The summed E-state index contributed by atoms with van der Waals surface area (Å²) < 4.78 is 5.27. The summed E-state index contributed by atoms with van der Waals surface area (Å²) in [6.07, 6.45) is -1.18. The maximum Gasteiger partial charge on any atom is 0.410 e. The second kappa shape index (κ2) is 3.88. The Morgan fingerprint density at radius 3 is 2.41 bits per heavy atom. The molecule has 5 heteroatoms. The minimum Gasteiger partial charge on any atom is -0.444 e. The molecule has 3 atom stereocenters. The predicted octanol–water partition coefficient (Wildman–Crippen LogP) is 0.984. The number of amides is 1. The third-order valence-electron chi connectivity index (χ3n) is 3.41. The van der Waals surface area contributed by atoms with Crippen LogP contribution in [0.3, 0.4) is 0 Å². The number of nitriles is 1. The number of aliphatic hydroxyl groups excluding tert-OH is 1. The van der Waals surface area contributed by atoms with Gasteiger partial charge in [-0.2, -0.15) is 5.26 Å². The largest absolute Gasteiger partial charge is 0.444 e. The maximum atomic E-state index is 11.7. The molecule has 0 aromatic carbocycles. The molecule has 5 nitrogen and oxygen atoms in total. The molecular formula is C12H18N2O3. The molecule has 0 radical (unpaired) electrons. The first-order valence-electron chi connectivity index (χ1n) is 5.89. The standard InChI is InChI=1S/C12H18N2O3/c1-12(2,3)17-11(16)14-5-7-8(6-14)10(7)9(15)4-13/h7-10,15H,5-6H2,1-3H3. The van der Waals surface area contributed by atoms with Crippen LogP contribution in [0.1, 0.15) is 20.8 Å². The highest BCUT2D eigenvalue weighted by Crippen LogP contribution is 2.53. The number of hydrogen-bond acceptors (Lipinski definition) is 4. The van der Waals surface area contributed by atoms with Crippen molar-refractivity contribution in [2.24, 2.45) is 17.8 Å². The van der Waals surface area contributed by atoms with E-state index in [1.165, 1.54) is 0 Å². The molecule has 0 bridgehead atoms. The minimum atomic E-state index is -0.884. The molecule has 0 aromatic heterocycles. The van der Waals surface area contributed by atoms with Gasteiger partial charge in [-0.05, 0) is 32.6 Å². The fraction of sp³-hybridized carbons (Fsp3) is 0.833. The van der Waals surface area contributed by atoms with Crippen molar-refractivity contribution in [2.45, 2.75) is 32.5 Å². The number of fused-ring (bicyclic) bond motifs is 1. The first kappa shape index (κ1) is 12.2. The van der Waals surface area contributed by atoms with Crippen LogP contribution in [0.25, 0.3) is 0 Å². The van der Waals surface area contributed by atoms with Gasteiger partial charge in [0.2, 0.25) is 0 Å². The highest BCUT2D eigenvalue weighted by atomic mass is 16.6. The molecule has 1 saturated carbocycles. The number of rotatable bonds is 1. The van der Waals surface area contributed by atoms with Gasteiger partial charge in [0.05, 0.1) is 6.07 Å². The van der Waals surface area contributed by atoms with E-state index in [0.717, 1.165) is 0 Å². The fourth-order valence-corrected chi connectivity index (χ4v) is 2.60. The zero-order chi connectivity index (χ0) is 12.8. The molecule has 2 fully saturated rings. The molecule has 1 aliphatic carbocycles. The van der Waals surface area contributed by atoms with E-state index in [9.17, 15) is 9.90 Å². The van der Waals surface area contributed by atoms with E-state index < -0.39 is 11.7 Å². The Hall–Kier alpha value is -1.28. The van der Waals surface area contributed by atoms with Gasteiger partial charge in [0.25, 0.3) is 0 Å². The zero-order valence-corrected chi connectivity index (χ0v) is 10.4. The van der Waals surface area contributed by atoms with Gasteiger partial charge in [-0.1, -0.05) is 0 Å². The first-order chi connectivity index (χ1) is 7.83. The Balaban J connectivity index is 1.84. The van der Waals surface area contributed by atoms with Gasteiger partial charge in [-0.3, -0.25) is 0 Å². The van der Waals surface area contributed by atoms with E-state index in [0.29, 0.717) is 13.1 Å². The molecular weight excluding hydrogens is 220 g/mol. The maximum absolute atomic E-state index is 11.7. The lowest BCUT2D eigenvalue weighted by Crippen LogP contribution is -2.37. The van der Waals surface area contributed by atoms with Crippen LogP contribution in [0, 0.1) is 29.1 Å². The Bertz CT molecular complexity index is 357. The van der Waals surface area contributed by atoms with Crippen LogP contribution in [-0.4, -0.2) is 40.9 Å². The Kier molecular flexibility index (Phi) is 2.78. The molecule has 0 aromatic rings. The molecule has 0 spiro atoms. The van der Waals surface area contributed by atoms with E-state index in [-0.39, 0.29) is 23.8 Å². The lowest BCUT2D eigenvalue weighted by atomic mass is 10.1. The van der Waals surface area contributed by atoms with Gasteiger partial charge in [0, 0.05) is 19.0 Å². The lowest BCUT2D eigenvalue weighted by molar-refractivity contribution is 0.0252. The second-order valence-corrected chi connectivity index (χ2v) is 5.86. The molecule has 2 rings (SSSR count). The number of hydrogen-bond donors (Lipinski definition) is 1. The third-order valence-corrected chi connectivity index (χ3v) is 3.41. The van der Waals surface area contributed by atoms with Gasteiger partial charge >= 0.3 is 6.09 Å². The van der Waals surface area contributed by atoms with Gasteiger partial charge in [-0.25, -0.2) is 4.79 Å². The zero-order valence-electron chi connectivity index (χ0n) is 10.4. The van der Waals surface area contributed by atoms with E-state index in [2.05, 4.69) is 0 Å². The SMILES string of the molecule is CC(C)(C)OC(=O)N1CC2C(C1)C2C(O)C#N. The third kappa shape index (κ3) is 2.37. The molecule has 1 amide bonds. The van der Waals surface area contributed by atoms with Crippen LogP contribution in [0.4, 0.5) is 4.79 Å². The number of carbonyl (C=O) groups excluding carboxylic acids is 1. The van der Waals surface area contributed by atoms with E-state index in [4.69, 9.17) is 10.00 Å². The van der Waals surface area contributed by atoms with Crippen LogP contribution >= 0.6 is 0 Å². The number of likely N-dealkylation sites (tertiary alicyclic amines) is 1. The topological polar surface area (TPSA) is 73.6 Å². The summed E-state index contributed by atoms with van der Waals surface area (Å²) in [5.74, 6) is 0.605. The van der Waals surface area contributed by atoms with Crippen molar-refractivity contribution in [3.8, 4) is 6.07 Å². The van der Waals surface area contributed by atoms with E-state index in [1.807, 2.05) is 26.8 Å². The highest BCUT2D eigenvalue weighted by Gasteiger charge is 2.60. The molecule has 1 saturated heterocycles. The number of piperidine rings is 1. The summed E-state index contributed by atoms with van der Waals surface area (Å²) in [5.41, 5.74) is -0.477. The summed E-state index contributed by atoms with van der Waals surface area (Å²) >= 11 is 0. The average Bonchev–Trinajstić information content (AvgIpc) is 2.69. The lowest BCUT2D eigenvalue weighted by Gasteiger charge is -2.26. The van der Waals surface area contributed by atoms with Crippen molar-refractivity contribution in [3.63, 3.8) is 0 Å². The quantitative estimate of drug-likeness (QED) is 0.691. The summed E-state index contributed by atoms with van der Waals surface area (Å²) in [7, 11) is 0. The van der Waals surface area contributed by atoms with Gasteiger partial charge < -0.3 is 14.7 Å². The molecule has 1 N–H and O–H groups in total. The summed E-state index contributed by atoms with van der Waals surface area (Å²) in [6.45, 7) is 6.71. The van der Waals surface area contributed by atoms with Crippen molar-refractivity contribution in [1.29, 1.82) is 5.26 Å². The van der Waals surface area contributed by atoms with Crippen molar-refractivity contribution in [1.82, 2.24) is 4.90 Å². The van der Waals surface area contributed by atoms with E-state index >= 15 is 0 Å². The van der Waals surface area contributed by atoms with Crippen molar-refractivity contribution in [3.05, 3.63) is 0 Å². The second-order valence-electron chi connectivity index (χ2n) is 5.86. The number of ether oxygens (including phenoxy) is 1. The predicted molar refractivity (Wildman–Crippen MR) is 59.9 cm³/mol. The van der Waals surface area contributed by atoms with Crippen molar-refractivity contribution in [2.75, 3.05) is 13.1 Å². The summed E-state index contributed by atoms with van der Waals surface area (Å²) in [4.78, 5) is 13.4. The molecule has 17 heavy (non-hydrogen) atoms. The van der Waals surface area contributed by atoms with Crippen molar-refractivity contribution >= 4 is 6.09 Å². The van der Waals surface area contributed by atoms with E-state index in [1.54, 1.807) is 4.90 Å². The average molecular weight is 238 g/mol. The molecule has 94 valence electrons. The number of carbonyl (C=O) groups is 1. The normalized spacial score (nSPS) is 32.6. The van der Waals surface area contributed by atoms with Crippen LogP contribution < -0.4 is 0 Å². The minimum absolute atomic E-state index is 0.0543. The number of aliphatic hydroxyl groups is 1. The van der Waals surface area contributed by atoms with Gasteiger partial charge in [-0.15, -0.1) is 0 Å². The molecule has 1 aliphatic heterocycles. The smallest absolute Gasteiger partial charge is 0.410 e. The monoisotopic (exact) mass is 238 g/mol. The number of nitrogens with zero attached hydrogens (tertiary/aromatic N) is 2. The highest BCUT2D eigenvalue weighted by molar-refractivity contribution is 5.69. The summed E-state index contributed by atoms with van der Waals surface area (Å²) in [5, 5.41) is 18.0. The Morgan fingerprint density at radius 2 is 2.00 bits per heavy atom. The van der Waals surface area contributed by atoms with Crippen LogP contribution in [-0.2, 0) is 4.74 Å². The van der Waals surface area contributed by atoms with Crippen LogP contribution in [0.5, 0.6) is 0 Å². The van der Waals surface area contributed by atoms with Crippen molar-refractivity contribution < 1.29 is 14.6 Å². The Labute approximate surface area is 101 Å². The fourth-order valence-electron chi connectivity index (χ4n) is 2.60. The molecule has 3 unspecified atom stereocenters.